The molecule has 0 radical (unpaired) electrons. The molecule has 1 atom stereocenters. The van der Waals surface area contributed by atoms with Crippen LogP contribution in [0.3, 0.4) is 0 Å². The SMILES string of the molecule is CCCNC(CN(CC)c1ccccc1C)C(C)C. The predicted molar refractivity (Wildman–Crippen MR) is 86.0 cm³/mol. The molecule has 1 N–H and O–H groups in total. The molecule has 0 amide bonds. The van der Waals surface area contributed by atoms with Crippen molar-refractivity contribution in [2.24, 2.45) is 5.92 Å². The lowest BCUT2D eigenvalue weighted by molar-refractivity contribution is 0.398. The molecule has 1 rings (SSSR count). The highest BCUT2D eigenvalue weighted by Gasteiger charge is 2.17. The Hall–Kier alpha value is -1.02. The molecule has 108 valence electrons. The van der Waals surface area contributed by atoms with Gasteiger partial charge in [-0.15, -0.1) is 0 Å². The first-order valence-corrected chi connectivity index (χ1v) is 7.64. The Labute approximate surface area is 119 Å². The molecule has 0 spiro atoms. The van der Waals surface area contributed by atoms with Gasteiger partial charge in [0.15, 0.2) is 0 Å². The zero-order chi connectivity index (χ0) is 14.3. The Kier molecular flexibility index (Phi) is 6.93. The minimum atomic E-state index is 0.555. The van der Waals surface area contributed by atoms with Crippen LogP contribution in [-0.4, -0.2) is 25.7 Å². The van der Waals surface area contributed by atoms with Crippen LogP contribution in [0.1, 0.15) is 39.7 Å². The Morgan fingerprint density at radius 3 is 2.37 bits per heavy atom. The maximum Gasteiger partial charge on any atom is 0.0396 e. The van der Waals surface area contributed by atoms with Gasteiger partial charge in [0.25, 0.3) is 0 Å². The summed E-state index contributed by atoms with van der Waals surface area (Å²) < 4.78 is 0. The van der Waals surface area contributed by atoms with E-state index in [2.05, 4.69) is 69.1 Å². The van der Waals surface area contributed by atoms with Gasteiger partial charge in [-0.1, -0.05) is 39.0 Å². The smallest absolute Gasteiger partial charge is 0.0396 e. The summed E-state index contributed by atoms with van der Waals surface area (Å²) in [6.45, 7) is 14.5. The number of hydrogen-bond donors (Lipinski definition) is 1. The minimum Gasteiger partial charge on any atom is -0.370 e. The molecule has 19 heavy (non-hydrogen) atoms. The fraction of sp³-hybridized carbons (Fsp3) is 0.647. The number of benzene rings is 1. The van der Waals surface area contributed by atoms with Crippen LogP contribution in [0.25, 0.3) is 0 Å². The molecule has 1 aromatic rings. The van der Waals surface area contributed by atoms with Crippen molar-refractivity contribution in [1.82, 2.24) is 5.32 Å². The molecule has 1 aromatic carbocycles. The molecule has 0 saturated carbocycles. The van der Waals surface area contributed by atoms with Gasteiger partial charge in [0.2, 0.25) is 0 Å². The van der Waals surface area contributed by atoms with E-state index in [1.807, 2.05) is 0 Å². The molecule has 1 unspecified atom stereocenters. The van der Waals surface area contributed by atoms with Crippen molar-refractivity contribution in [3.05, 3.63) is 29.8 Å². The van der Waals surface area contributed by atoms with Gasteiger partial charge in [0.05, 0.1) is 0 Å². The maximum atomic E-state index is 3.68. The van der Waals surface area contributed by atoms with Crippen molar-refractivity contribution in [2.75, 3.05) is 24.5 Å². The Morgan fingerprint density at radius 2 is 1.84 bits per heavy atom. The highest BCUT2D eigenvalue weighted by Crippen LogP contribution is 2.20. The molecular formula is C17H30N2. The van der Waals surface area contributed by atoms with E-state index < -0.39 is 0 Å². The van der Waals surface area contributed by atoms with E-state index in [4.69, 9.17) is 0 Å². The monoisotopic (exact) mass is 262 g/mol. The third kappa shape index (κ3) is 4.87. The second kappa shape index (κ2) is 8.21. The van der Waals surface area contributed by atoms with Crippen molar-refractivity contribution in [2.45, 2.75) is 47.1 Å². The lowest BCUT2D eigenvalue weighted by Gasteiger charge is -2.32. The number of nitrogens with zero attached hydrogens (tertiary/aromatic N) is 1. The second-order valence-electron chi connectivity index (χ2n) is 5.63. The highest BCUT2D eigenvalue weighted by molar-refractivity contribution is 5.53. The van der Waals surface area contributed by atoms with E-state index >= 15 is 0 Å². The van der Waals surface area contributed by atoms with Gasteiger partial charge in [-0.05, 0) is 44.4 Å². The molecule has 0 aromatic heterocycles. The molecule has 0 aliphatic carbocycles. The van der Waals surface area contributed by atoms with E-state index in [9.17, 15) is 0 Å². The van der Waals surface area contributed by atoms with E-state index in [0.29, 0.717) is 12.0 Å². The molecular weight excluding hydrogens is 232 g/mol. The number of likely N-dealkylation sites (N-methyl/N-ethyl adjacent to an activating group) is 1. The van der Waals surface area contributed by atoms with Crippen LogP contribution < -0.4 is 10.2 Å². The Bertz CT molecular complexity index is 360. The first-order valence-electron chi connectivity index (χ1n) is 7.64. The lowest BCUT2D eigenvalue weighted by atomic mass is 10.0. The van der Waals surface area contributed by atoms with Gasteiger partial charge < -0.3 is 10.2 Å². The molecule has 0 heterocycles. The molecule has 2 heteroatoms. The van der Waals surface area contributed by atoms with E-state index in [1.165, 1.54) is 17.7 Å². The summed E-state index contributed by atoms with van der Waals surface area (Å²) in [6.07, 6.45) is 1.19. The third-order valence-corrected chi connectivity index (χ3v) is 3.72. The largest absolute Gasteiger partial charge is 0.370 e. The molecule has 0 aliphatic rings. The van der Waals surface area contributed by atoms with Gasteiger partial charge in [0.1, 0.15) is 0 Å². The van der Waals surface area contributed by atoms with Crippen LogP contribution in [0.5, 0.6) is 0 Å². The molecule has 0 saturated heterocycles. The second-order valence-corrected chi connectivity index (χ2v) is 5.63. The summed E-state index contributed by atoms with van der Waals surface area (Å²) in [4.78, 5) is 2.49. The highest BCUT2D eigenvalue weighted by atomic mass is 15.2. The van der Waals surface area contributed by atoms with Crippen LogP contribution >= 0.6 is 0 Å². The van der Waals surface area contributed by atoms with Gasteiger partial charge in [-0.25, -0.2) is 0 Å². The summed E-state index contributed by atoms with van der Waals surface area (Å²) in [5, 5.41) is 3.68. The van der Waals surface area contributed by atoms with Crippen LogP contribution in [0.2, 0.25) is 0 Å². The fourth-order valence-electron chi connectivity index (χ4n) is 2.39. The van der Waals surface area contributed by atoms with Crippen molar-refractivity contribution in [3.8, 4) is 0 Å². The maximum absolute atomic E-state index is 3.68. The van der Waals surface area contributed by atoms with Gasteiger partial charge in [0, 0.05) is 24.8 Å². The predicted octanol–water partition coefficient (Wildman–Crippen LogP) is 3.85. The summed E-state index contributed by atoms with van der Waals surface area (Å²) in [6, 6.07) is 9.23. The number of aryl methyl sites for hydroxylation is 1. The van der Waals surface area contributed by atoms with Gasteiger partial charge in [-0.3, -0.25) is 0 Å². The summed E-state index contributed by atoms with van der Waals surface area (Å²) in [7, 11) is 0. The van der Waals surface area contributed by atoms with E-state index in [0.717, 1.165) is 19.6 Å². The number of hydrogen-bond acceptors (Lipinski definition) is 2. The number of para-hydroxylation sites is 1. The van der Waals surface area contributed by atoms with Crippen molar-refractivity contribution >= 4 is 5.69 Å². The molecule has 0 aliphatic heterocycles. The topological polar surface area (TPSA) is 15.3 Å². The van der Waals surface area contributed by atoms with E-state index in [-0.39, 0.29) is 0 Å². The number of nitrogens with one attached hydrogen (secondary N) is 1. The summed E-state index contributed by atoms with van der Waals surface area (Å²) in [5.41, 5.74) is 2.73. The average Bonchev–Trinajstić information content (AvgIpc) is 2.40. The van der Waals surface area contributed by atoms with Crippen molar-refractivity contribution in [1.29, 1.82) is 0 Å². The molecule has 0 bridgehead atoms. The molecule has 2 nitrogen and oxygen atoms in total. The standard InChI is InChI=1S/C17H30N2/c1-6-12-18-16(14(3)4)13-19(7-2)17-11-9-8-10-15(17)5/h8-11,14,16,18H,6-7,12-13H2,1-5H3. The van der Waals surface area contributed by atoms with Crippen LogP contribution in [0.4, 0.5) is 5.69 Å². The Balaban J connectivity index is 2.76. The van der Waals surface area contributed by atoms with Crippen molar-refractivity contribution in [3.63, 3.8) is 0 Å². The van der Waals surface area contributed by atoms with Crippen molar-refractivity contribution < 1.29 is 0 Å². The van der Waals surface area contributed by atoms with Crippen LogP contribution in [0.15, 0.2) is 24.3 Å². The lowest BCUT2D eigenvalue weighted by Crippen LogP contribution is -2.44. The van der Waals surface area contributed by atoms with Gasteiger partial charge in [-0.2, -0.15) is 0 Å². The van der Waals surface area contributed by atoms with Crippen LogP contribution in [0, 0.1) is 12.8 Å². The Morgan fingerprint density at radius 1 is 1.16 bits per heavy atom. The first-order chi connectivity index (χ1) is 9.10. The number of rotatable bonds is 8. The van der Waals surface area contributed by atoms with E-state index in [1.54, 1.807) is 0 Å². The average molecular weight is 262 g/mol. The quantitative estimate of drug-likeness (QED) is 0.765. The molecule has 0 fully saturated rings. The van der Waals surface area contributed by atoms with Crippen LogP contribution in [-0.2, 0) is 0 Å². The number of anilines is 1. The zero-order valence-corrected chi connectivity index (χ0v) is 13.2. The normalized spacial score (nSPS) is 12.7. The minimum absolute atomic E-state index is 0.555. The third-order valence-electron chi connectivity index (χ3n) is 3.72. The zero-order valence-electron chi connectivity index (χ0n) is 13.2. The summed E-state index contributed by atoms with van der Waals surface area (Å²) in [5.74, 6) is 0.657. The van der Waals surface area contributed by atoms with Gasteiger partial charge >= 0.3 is 0 Å². The fourth-order valence-corrected chi connectivity index (χ4v) is 2.39. The first kappa shape index (κ1) is 16.0. The summed E-state index contributed by atoms with van der Waals surface area (Å²) >= 11 is 0.